The lowest BCUT2D eigenvalue weighted by atomic mass is 10.2. The van der Waals surface area contributed by atoms with E-state index < -0.39 is 10.1 Å². The molecule has 0 saturated carbocycles. The molecule has 0 radical (unpaired) electrons. The van der Waals surface area contributed by atoms with Gasteiger partial charge < -0.3 is 23.6 Å². The number of amides is 2. The van der Waals surface area contributed by atoms with Crippen LogP contribution >= 0.6 is 0 Å². The monoisotopic (exact) mass is 444 g/mol. The van der Waals surface area contributed by atoms with Crippen LogP contribution in [0.1, 0.15) is 18.2 Å². The topological polar surface area (TPSA) is 98.1 Å². The molecular formula is C22H24N2O6S. The highest BCUT2D eigenvalue weighted by molar-refractivity contribution is 7.86. The van der Waals surface area contributed by atoms with Gasteiger partial charge in [0.05, 0.1) is 25.7 Å². The number of nitrogens with one attached hydrogen (secondary N) is 1. The SMILES string of the molecule is CCOc1ccc(NC(=O)N(Cc2ccc(OS(C)(=O)=O)cc2)Cc2ccco2)cc1. The van der Waals surface area contributed by atoms with Crippen LogP contribution in [-0.2, 0) is 23.2 Å². The number of ether oxygens (including phenoxy) is 1. The van der Waals surface area contributed by atoms with E-state index in [1.165, 1.54) is 0 Å². The molecule has 3 aromatic rings. The van der Waals surface area contributed by atoms with Crippen molar-refractivity contribution in [2.24, 2.45) is 0 Å². The number of hydrogen-bond donors (Lipinski definition) is 1. The van der Waals surface area contributed by atoms with Crippen molar-refractivity contribution in [1.29, 1.82) is 0 Å². The third-order valence-corrected chi connectivity index (χ3v) is 4.67. The predicted octanol–water partition coefficient (Wildman–Crippen LogP) is 4.25. The first-order valence-electron chi connectivity index (χ1n) is 9.62. The van der Waals surface area contributed by atoms with E-state index in [-0.39, 0.29) is 24.9 Å². The highest BCUT2D eigenvalue weighted by Gasteiger charge is 2.17. The number of carbonyl (C=O) groups is 1. The van der Waals surface area contributed by atoms with Crippen LogP contribution in [0.25, 0.3) is 0 Å². The Morgan fingerprint density at radius 2 is 1.68 bits per heavy atom. The van der Waals surface area contributed by atoms with Crippen molar-refractivity contribution in [2.75, 3.05) is 18.2 Å². The van der Waals surface area contributed by atoms with Crippen LogP contribution in [0.5, 0.6) is 11.5 Å². The summed E-state index contributed by atoms with van der Waals surface area (Å²) < 4.78 is 38.2. The first-order chi connectivity index (χ1) is 14.8. The summed E-state index contributed by atoms with van der Waals surface area (Å²) in [5.74, 6) is 1.57. The number of furan rings is 1. The number of benzene rings is 2. The van der Waals surface area contributed by atoms with Gasteiger partial charge in [-0.05, 0) is 61.0 Å². The summed E-state index contributed by atoms with van der Waals surface area (Å²) in [5, 5.41) is 2.87. The zero-order valence-corrected chi connectivity index (χ0v) is 18.1. The van der Waals surface area contributed by atoms with Crippen LogP contribution in [0.3, 0.4) is 0 Å². The molecule has 0 fully saturated rings. The lowest BCUT2D eigenvalue weighted by Crippen LogP contribution is -2.34. The van der Waals surface area contributed by atoms with Crippen molar-refractivity contribution in [2.45, 2.75) is 20.0 Å². The van der Waals surface area contributed by atoms with Gasteiger partial charge in [-0.1, -0.05) is 12.1 Å². The molecular weight excluding hydrogens is 420 g/mol. The summed E-state index contributed by atoms with van der Waals surface area (Å²) in [7, 11) is -3.60. The molecule has 0 aliphatic rings. The van der Waals surface area contributed by atoms with Gasteiger partial charge in [-0.15, -0.1) is 0 Å². The van der Waals surface area contributed by atoms with E-state index in [0.29, 0.717) is 18.1 Å². The zero-order chi connectivity index (χ0) is 22.3. The Bertz CT molecular complexity index is 1080. The van der Waals surface area contributed by atoms with Gasteiger partial charge in [-0.25, -0.2) is 4.79 Å². The highest BCUT2D eigenvalue weighted by atomic mass is 32.2. The lowest BCUT2D eigenvalue weighted by Gasteiger charge is -2.22. The van der Waals surface area contributed by atoms with E-state index in [4.69, 9.17) is 13.3 Å². The molecule has 0 atom stereocenters. The molecule has 0 bridgehead atoms. The molecule has 0 aliphatic heterocycles. The fourth-order valence-electron chi connectivity index (χ4n) is 2.84. The van der Waals surface area contributed by atoms with Gasteiger partial charge in [0.2, 0.25) is 0 Å². The largest absolute Gasteiger partial charge is 0.494 e. The summed E-state index contributed by atoms with van der Waals surface area (Å²) in [6.07, 6.45) is 2.53. The second-order valence-corrected chi connectivity index (χ2v) is 8.33. The molecule has 164 valence electrons. The Hall–Kier alpha value is -3.46. The molecule has 0 unspecified atom stereocenters. The van der Waals surface area contributed by atoms with Crippen molar-refractivity contribution in [3.63, 3.8) is 0 Å². The van der Waals surface area contributed by atoms with Gasteiger partial charge >= 0.3 is 16.1 Å². The van der Waals surface area contributed by atoms with E-state index in [0.717, 1.165) is 17.6 Å². The highest BCUT2D eigenvalue weighted by Crippen LogP contribution is 2.19. The maximum absolute atomic E-state index is 12.9. The Labute approximate surface area is 181 Å². The van der Waals surface area contributed by atoms with Gasteiger partial charge in [-0.3, -0.25) is 0 Å². The van der Waals surface area contributed by atoms with Crippen LogP contribution < -0.4 is 14.2 Å². The fourth-order valence-corrected chi connectivity index (χ4v) is 3.30. The van der Waals surface area contributed by atoms with E-state index in [2.05, 4.69) is 5.32 Å². The summed E-state index contributed by atoms with van der Waals surface area (Å²) >= 11 is 0. The molecule has 1 aromatic heterocycles. The van der Waals surface area contributed by atoms with Gasteiger partial charge in [-0.2, -0.15) is 8.42 Å². The Morgan fingerprint density at radius 3 is 2.26 bits per heavy atom. The summed E-state index contributed by atoms with van der Waals surface area (Å²) in [5.41, 5.74) is 1.43. The number of hydrogen-bond acceptors (Lipinski definition) is 6. The standard InChI is InChI=1S/C22H24N2O6S/c1-3-28-19-12-8-18(9-13-19)23-22(25)24(16-21-5-4-14-29-21)15-17-6-10-20(11-7-17)30-31(2,26)27/h4-14H,3,15-16H2,1-2H3,(H,23,25). The van der Waals surface area contributed by atoms with Crippen LogP contribution in [0.15, 0.2) is 71.3 Å². The minimum atomic E-state index is -3.60. The molecule has 3 rings (SSSR count). The summed E-state index contributed by atoms with van der Waals surface area (Å²) in [6, 6.07) is 16.9. The van der Waals surface area contributed by atoms with Crippen LogP contribution in [0, 0.1) is 0 Å². The van der Waals surface area contributed by atoms with E-state index >= 15 is 0 Å². The summed E-state index contributed by atoms with van der Waals surface area (Å²) in [4.78, 5) is 14.5. The molecule has 2 amide bonds. The Kier molecular flexibility index (Phi) is 7.19. The molecule has 0 spiro atoms. The zero-order valence-electron chi connectivity index (χ0n) is 17.3. The van der Waals surface area contributed by atoms with Crippen molar-refractivity contribution in [1.82, 2.24) is 4.90 Å². The molecule has 0 saturated heterocycles. The number of urea groups is 1. The molecule has 31 heavy (non-hydrogen) atoms. The average molecular weight is 445 g/mol. The average Bonchev–Trinajstić information content (AvgIpc) is 3.23. The first-order valence-corrected chi connectivity index (χ1v) is 11.4. The molecule has 0 aliphatic carbocycles. The first kappa shape index (κ1) is 22.2. The second kappa shape index (κ2) is 10.0. The molecule has 8 nitrogen and oxygen atoms in total. The number of rotatable bonds is 9. The lowest BCUT2D eigenvalue weighted by molar-refractivity contribution is 0.201. The third-order valence-electron chi connectivity index (χ3n) is 4.17. The Morgan fingerprint density at radius 1 is 1.00 bits per heavy atom. The van der Waals surface area contributed by atoms with Gasteiger partial charge in [0, 0.05) is 12.2 Å². The Balaban J connectivity index is 1.72. The molecule has 1 heterocycles. The minimum absolute atomic E-state index is 0.211. The van der Waals surface area contributed by atoms with Crippen molar-refractivity contribution in [3.8, 4) is 11.5 Å². The van der Waals surface area contributed by atoms with Gasteiger partial charge in [0.15, 0.2) is 0 Å². The van der Waals surface area contributed by atoms with Crippen LogP contribution in [0.4, 0.5) is 10.5 Å². The quantitative estimate of drug-likeness (QED) is 0.496. The number of anilines is 1. The maximum Gasteiger partial charge on any atom is 0.322 e. The number of carbonyl (C=O) groups excluding carboxylic acids is 1. The smallest absolute Gasteiger partial charge is 0.322 e. The second-order valence-electron chi connectivity index (χ2n) is 6.75. The normalized spacial score (nSPS) is 11.0. The molecule has 9 heteroatoms. The van der Waals surface area contributed by atoms with E-state index in [9.17, 15) is 13.2 Å². The van der Waals surface area contributed by atoms with E-state index in [1.54, 1.807) is 71.8 Å². The van der Waals surface area contributed by atoms with Gasteiger partial charge in [0.1, 0.15) is 17.3 Å². The van der Waals surface area contributed by atoms with Crippen molar-refractivity contribution < 1.29 is 26.5 Å². The number of nitrogens with zero attached hydrogens (tertiary/aromatic N) is 1. The fraction of sp³-hybridized carbons (Fsp3) is 0.227. The van der Waals surface area contributed by atoms with Crippen LogP contribution in [0.2, 0.25) is 0 Å². The third kappa shape index (κ3) is 7.07. The maximum atomic E-state index is 12.9. The minimum Gasteiger partial charge on any atom is -0.494 e. The summed E-state index contributed by atoms with van der Waals surface area (Å²) in [6.45, 7) is 3.01. The van der Waals surface area contributed by atoms with Crippen LogP contribution in [-0.4, -0.2) is 32.2 Å². The van der Waals surface area contributed by atoms with E-state index in [1.807, 2.05) is 6.92 Å². The van der Waals surface area contributed by atoms with Gasteiger partial charge in [0.25, 0.3) is 0 Å². The molecule has 2 aromatic carbocycles. The van der Waals surface area contributed by atoms with Crippen molar-refractivity contribution >= 4 is 21.8 Å². The molecule has 1 N–H and O–H groups in total. The predicted molar refractivity (Wildman–Crippen MR) is 116 cm³/mol. The van der Waals surface area contributed by atoms with Crippen molar-refractivity contribution in [3.05, 3.63) is 78.3 Å².